The largest absolute Gasteiger partial charge is 0.353 e. The van der Waals surface area contributed by atoms with Crippen LogP contribution in [0.4, 0.5) is 0 Å². The standard InChI is InChI=1S/C21H27ClN4O2/c22-18-11-5-4-10-17(18)20-24-19(28-25-20)14-26-12-6-7-15(13-26)21(27)23-16-8-2-1-3-9-16/h4-5,10-11,15-16H,1-3,6-9,12-14H2,(H,23,27). The Kier molecular flexibility index (Phi) is 6.27. The molecule has 1 aliphatic heterocycles. The predicted molar refractivity (Wildman–Crippen MR) is 108 cm³/mol. The first kappa shape index (κ1) is 19.4. The van der Waals surface area contributed by atoms with E-state index in [1.165, 1.54) is 19.3 Å². The van der Waals surface area contributed by atoms with Gasteiger partial charge in [0.05, 0.1) is 17.5 Å². The van der Waals surface area contributed by atoms with E-state index < -0.39 is 0 Å². The van der Waals surface area contributed by atoms with Gasteiger partial charge in [0.1, 0.15) is 0 Å². The van der Waals surface area contributed by atoms with Crippen molar-refractivity contribution in [2.75, 3.05) is 13.1 Å². The molecule has 0 spiro atoms. The maximum atomic E-state index is 12.7. The summed E-state index contributed by atoms with van der Waals surface area (Å²) in [6.45, 7) is 2.24. The number of nitrogens with one attached hydrogen (secondary N) is 1. The number of hydrogen-bond acceptors (Lipinski definition) is 5. The fourth-order valence-electron chi connectivity index (χ4n) is 4.24. The monoisotopic (exact) mass is 402 g/mol. The van der Waals surface area contributed by atoms with Gasteiger partial charge in [0.25, 0.3) is 0 Å². The molecule has 1 aromatic carbocycles. The van der Waals surface area contributed by atoms with Crippen LogP contribution in [-0.4, -0.2) is 40.1 Å². The van der Waals surface area contributed by atoms with Crippen LogP contribution in [0.1, 0.15) is 50.8 Å². The summed E-state index contributed by atoms with van der Waals surface area (Å²) in [6.07, 6.45) is 7.95. The molecule has 1 aliphatic carbocycles. The van der Waals surface area contributed by atoms with Gasteiger partial charge in [0.15, 0.2) is 0 Å². The molecular formula is C21H27ClN4O2. The van der Waals surface area contributed by atoms with Crippen LogP contribution in [0, 0.1) is 5.92 Å². The van der Waals surface area contributed by atoms with E-state index in [1.54, 1.807) is 0 Å². The molecular weight excluding hydrogens is 376 g/mol. The molecule has 1 unspecified atom stereocenters. The average molecular weight is 403 g/mol. The molecule has 2 aromatic rings. The zero-order valence-corrected chi connectivity index (χ0v) is 16.8. The van der Waals surface area contributed by atoms with Gasteiger partial charge in [0, 0.05) is 18.2 Å². The maximum Gasteiger partial charge on any atom is 0.241 e. The second-order valence-electron chi connectivity index (χ2n) is 7.91. The third-order valence-electron chi connectivity index (χ3n) is 5.77. The second-order valence-corrected chi connectivity index (χ2v) is 8.32. The average Bonchev–Trinajstić information content (AvgIpc) is 3.17. The number of aromatic nitrogens is 2. The van der Waals surface area contributed by atoms with Crippen molar-refractivity contribution in [1.82, 2.24) is 20.4 Å². The lowest BCUT2D eigenvalue weighted by molar-refractivity contribution is -0.127. The van der Waals surface area contributed by atoms with Crippen molar-refractivity contribution in [3.8, 4) is 11.4 Å². The van der Waals surface area contributed by atoms with E-state index >= 15 is 0 Å². The van der Waals surface area contributed by atoms with Crippen LogP contribution in [0.5, 0.6) is 0 Å². The third-order valence-corrected chi connectivity index (χ3v) is 6.10. The van der Waals surface area contributed by atoms with Crippen molar-refractivity contribution in [1.29, 1.82) is 0 Å². The molecule has 2 heterocycles. The molecule has 0 bridgehead atoms. The maximum absolute atomic E-state index is 12.7. The van der Waals surface area contributed by atoms with Crippen molar-refractivity contribution < 1.29 is 9.32 Å². The number of nitrogens with zero attached hydrogens (tertiary/aromatic N) is 3. The van der Waals surface area contributed by atoms with Gasteiger partial charge in [0.2, 0.25) is 17.6 Å². The quantitative estimate of drug-likeness (QED) is 0.816. The highest BCUT2D eigenvalue weighted by atomic mass is 35.5. The molecule has 1 N–H and O–H groups in total. The number of benzene rings is 1. The number of likely N-dealkylation sites (tertiary alicyclic amines) is 1. The van der Waals surface area contributed by atoms with Gasteiger partial charge in [-0.1, -0.05) is 48.2 Å². The minimum Gasteiger partial charge on any atom is -0.353 e. The van der Waals surface area contributed by atoms with Crippen LogP contribution < -0.4 is 5.32 Å². The van der Waals surface area contributed by atoms with Gasteiger partial charge in [-0.05, 0) is 44.4 Å². The Labute approximate surface area is 170 Å². The van der Waals surface area contributed by atoms with Crippen molar-refractivity contribution in [3.63, 3.8) is 0 Å². The minimum absolute atomic E-state index is 0.0432. The van der Waals surface area contributed by atoms with Crippen LogP contribution in [0.2, 0.25) is 5.02 Å². The first-order chi connectivity index (χ1) is 13.7. The lowest BCUT2D eigenvalue weighted by Crippen LogP contribution is -2.46. The number of halogens is 1. The highest BCUT2D eigenvalue weighted by Gasteiger charge is 2.28. The van der Waals surface area contributed by atoms with Gasteiger partial charge in [-0.3, -0.25) is 9.69 Å². The highest BCUT2D eigenvalue weighted by Crippen LogP contribution is 2.26. The molecule has 6 nitrogen and oxygen atoms in total. The van der Waals surface area contributed by atoms with Crippen LogP contribution >= 0.6 is 11.6 Å². The Balaban J connectivity index is 1.34. The minimum atomic E-state index is 0.0432. The molecule has 1 saturated heterocycles. The number of rotatable bonds is 5. The Morgan fingerprint density at radius 3 is 2.82 bits per heavy atom. The lowest BCUT2D eigenvalue weighted by Gasteiger charge is -2.32. The summed E-state index contributed by atoms with van der Waals surface area (Å²) in [5, 5.41) is 7.94. The van der Waals surface area contributed by atoms with Crippen LogP contribution in [-0.2, 0) is 11.3 Å². The van der Waals surface area contributed by atoms with E-state index in [2.05, 4.69) is 20.4 Å². The van der Waals surface area contributed by atoms with Crippen LogP contribution in [0.15, 0.2) is 28.8 Å². The van der Waals surface area contributed by atoms with E-state index in [-0.39, 0.29) is 11.8 Å². The molecule has 1 saturated carbocycles. The molecule has 1 amide bonds. The zero-order valence-electron chi connectivity index (χ0n) is 16.1. The Hall–Kier alpha value is -1.92. The van der Waals surface area contributed by atoms with Gasteiger partial charge in [-0.25, -0.2) is 0 Å². The smallest absolute Gasteiger partial charge is 0.241 e. The van der Waals surface area contributed by atoms with E-state index in [0.29, 0.717) is 29.3 Å². The Morgan fingerprint density at radius 1 is 1.18 bits per heavy atom. The molecule has 4 rings (SSSR count). The van der Waals surface area contributed by atoms with Crippen molar-refractivity contribution in [2.24, 2.45) is 5.92 Å². The summed E-state index contributed by atoms with van der Waals surface area (Å²) < 4.78 is 5.43. The number of hydrogen-bond donors (Lipinski definition) is 1. The van der Waals surface area contributed by atoms with Gasteiger partial charge in [-0.15, -0.1) is 0 Å². The topological polar surface area (TPSA) is 71.3 Å². The summed E-state index contributed by atoms with van der Waals surface area (Å²) in [4.78, 5) is 19.4. The fraction of sp³-hybridized carbons (Fsp3) is 0.571. The predicted octanol–water partition coefficient (Wildman–Crippen LogP) is 4.05. The molecule has 28 heavy (non-hydrogen) atoms. The van der Waals surface area contributed by atoms with E-state index in [4.69, 9.17) is 16.1 Å². The zero-order chi connectivity index (χ0) is 19.3. The van der Waals surface area contributed by atoms with Crippen molar-refractivity contribution >= 4 is 17.5 Å². The fourth-order valence-corrected chi connectivity index (χ4v) is 4.46. The summed E-state index contributed by atoms with van der Waals surface area (Å²) in [5.74, 6) is 1.31. The first-order valence-electron chi connectivity index (χ1n) is 10.3. The highest BCUT2D eigenvalue weighted by molar-refractivity contribution is 6.33. The number of carbonyl (C=O) groups is 1. The molecule has 2 aliphatic rings. The summed E-state index contributed by atoms with van der Waals surface area (Å²) >= 11 is 6.22. The van der Waals surface area contributed by atoms with E-state index in [1.807, 2.05) is 24.3 Å². The van der Waals surface area contributed by atoms with Crippen molar-refractivity contribution in [3.05, 3.63) is 35.2 Å². The summed E-state index contributed by atoms with van der Waals surface area (Å²) in [6, 6.07) is 7.83. The SMILES string of the molecule is O=C(NC1CCCCC1)C1CCCN(Cc2nc(-c3ccccc3Cl)no2)C1. The summed E-state index contributed by atoms with van der Waals surface area (Å²) in [7, 11) is 0. The van der Waals surface area contributed by atoms with Crippen LogP contribution in [0.3, 0.4) is 0 Å². The van der Waals surface area contributed by atoms with Gasteiger partial charge < -0.3 is 9.84 Å². The summed E-state index contributed by atoms with van der Waals surface area (Å²) in [5.41, 5.74) is 0.766. The number of amides is 1. The lowest BCUT2D eigenvalue weighted by atomic mass is 9.93. The number of piperidine rings is 1. The molecule has 150 valence electrons. The van der Waals surface area contributed by atoms with Gasteiger partial charge in [-0.2, -0.15) is 4.98 Å². The molecule has 1 aromatic heterocycles. The molecule has 7 heteroatoms. The molecule has 2 fully saturated rings. The Morgan fingerprint density at radius 2 is 2.00 bits per heavy atom. The first-order valence-corrected chi connectivity index (χ1v) is 10.7. The van der Waals surface area contributed by atoms with Crippen LogP contribution in [0.25, 0.3) is 11.4 Å². The number of carbonyl (C=O) groups excluding carboxylic acids is 1. The van der Waals surface area contributed by atoms with E-state index in [9.17, 15) is 4.79 Å². The van der Waals surface area contributed by atoms with E-state index in [0.717, 1.165) is 44.3 Å². The second kappa shape index (κ2) is 9.05. The van der Waals surface area contributed by atoms with Crippen molar-refractivity contribution in [2.45, 2.75) is 57.5 Å². The normalized spacial score (nSPS) is 21.5. The Bertz CT molecular complexity index is 803. The third kappa shape index (κ3) is 4.73. The van der Waals surface area contributed by atoms with Gasteiger partial charge >= 0.3 is 0 Å². The molecule has 1 atom stereocenters. The molecule has 0 radical (unpaired) electrons.